The number of fused-ring (bicyclic) bond motifs is 2. The highest BCUT2D eigenvalue weighted by molar-refractivity contribution is 7.13. The third-order valence-electron chi connectivity index (χ3n) is 10.1. The summed E-state index contributed by atoms with van der Waals surface area (Å²) in [5.74, 6) is -0.427. The van der Waals surface area contributed by atoms with Crippen LogP contribution in [0.3, 0.4) is 0 Å². The summed E-state index contributed by atoms with van der Waals surface area (Å²) < 4.78 is 7.53. The van der Waals surface area contributed by atoms with Crippen LogP contribution in [0.4, 0.5) is 0 Å². The maximum atomic E-state index is 13.9. The number of hydrogen-bond donors (Lipinski definition) is 3. The Morgan fingerprint density at radius 1 is 0.940 bits per heavy atom. The van der Waals surface area contributed by atoms with Crippen LogP contribution in [0.25, 0.3) is 10.9 Å². The Morgan fingerprint density at radius 2 is 1.62 bits per heavy atom. The standard InChI is InChI=1S/C39H44ClN5O3SSi/c1-39(2,3)50(28-11-7-5-8-12-28,29-13-9-6-10-14-29)48-27-16-18-31(42-37(47)38-44-32-19-20-45(4)24-35(32)49-38)33(23-27)43-36(46)34-22-25-21-26(40)15-17-30(25)41-34/h5-15,17,21-22,27,31,33,41H,16,18-20,23-24H2,1-4H3,(H,42,47)(H,43,46)/t27?,31-,33+/m1/s1. The fraction of sp³-hybridized carbons (Fsp3) is 0.359. The van der Waals surface area contributed by atoms with Crippen molar-refractivity contribution in [3.05, 3.63) is 111 Å². The number of nitrogens with one attached hydrogen (secondary N) is 3. The predicted octanol–water partition coefficient (Wildman–Crippen LogP) is 6.29. The van der Waals surface area contributed by atoms with Crippen LogP contribution < -0.4 is 21.0 Å². The average Bonchev–Trinajstić information content (AvgIpc) is 3.72. The lowest BCUT2D eigenvalue weighted by Gasteiger charge is -2.47. The molecule has 3 N–H and O–H groups in total. The molecular weight excluding hydrogens is 682 g/mol. The minimum absolute atomic E-state index is 0.149. The van der Waals surface area contributed by atoms with Crippen LogP contribution in [0.2, 0.25) is 10.1 Å². The minimum Gasteiger partial charge on any atom is -0.404 e. The Hall–Kier alpha value is -3.80. The number of benzene rings is 3. The summed E-state index contributed by atoms with van der Waals surface area (Å²) in [6.07, 6.45) is 2.63. The predicted molar refractivity (Wildman–Crippen MR) is 204 cm³/mol. The molecule has 1 aliphatic carbocycles. The number of amides is 2. The largest absolute Gasteiger partial charge is 0.404 e. The van der Waals surface area contributed by atoms with Crippen molar-refractivity contribution in [1.82, 2.24) is 25.5 Å². The Labute approximate surface area is 303 Å². The van der Waals surface area contributed by atoms with E-state index in [2.05, 4.69) is 96.9 Å². The SMILES string of the molecule is CN1CCc2nc(C(=O)N[C@@H]3CCC(O[Si](c4ccccc4)(c4ccccc4)C(C)(C)C)C[C@@H]3NC(=O)c3cc4cc(Cl)ccc4[nH]3)sc2C1. The summed E-state index contributed by atoms with van der Waals surface area (Å²) in [5, 5.41) is 10.8. The zero-order chi connectivity index (χ0) is 35.0. The van der Waals surface area contributed by atoms with Gasteiger partial charge in [-0.15, -0.1) is 11.3 Å². The first-order valence-corrected chi connectivity index (χ1v) is 20.5. The number of aromatic nitrogens is 2. The molecule has 2 aromatic heterocycles. The first kappa shape index (κ1) is 34.6. The molecule has 260 valence electrons. The highest BCUT2D eigenvalue weighted by Crippen LogP contribution is 2.39. The van der Waals surface area contributed by atoms with E-state index >= 15 is 0 Å². The Bertz CT molecular complexity index is 1950. The molecule has 7 rings (SSSR count). The number of halogens is 1. The second-order valence-electron chi connectivity index (χ2n) is 14.7. The molecule has 11 heteroatoms. The van der Waals surface area contributed by atoms with Crippen LogP contribution >= 0.6 is 22.9 Å². The lowest BCUT2D eigenvalue weighted by Crippen LogP contribution is -2.68. The number of nitrogens with zero attached hydrogens (tertiary/aromatic N) is 2. The van der Waals surface area contributed by atoms with Gasteiger partial charge in [-0.3, -0.25) is 9.59 Å². The number of carbonyl (C=O) groups is 2. The molecule has 50 heavy (non-hydrogen) atoms. The van der Waals surface area contributed by atoms with Crippen LogP contribution in [0.15, 0.2) is 84.9 Å². The smallest absolute Gasteiger partial charge is 0.280 e. The second-order valence-corrected chi connectivity index (χ2v) is 20.4. The molecule has 8 nitrogen and oxygen atoms in total. The molecular formula is C39H44ClN5O3SSi. The van der Waals surface area contributed by atoms with Crippen molar-refractivity contribution in [2.75, 3.05) is 13.6 Å². The maximum Gasteiger partial charge on any atom is 0.280 e. The van der Waals surface area contributed by atoms with Crippen molar-refractivity contribution in [2.45, 2.75) is 76.2 Å². The molecule has 1 fully saturated rings. The van der Waals surface area contributed by atoms with Gasteiger partial charge in [-0.2, -0.15) is 0 Å². The molecule has 3 atom stereocenters. The third-order valence-corrected chi connectivity index (χ3v) is 16.5. The Morgan fingerprint density at radius 3 is 2.30 bits per heavy atom. The van der Waals surface area contributed by atoms with Gasteiger partial charge in [0.25, 0.3) is 20.1 Å². The zero-order valence-electron chi connectivity index (χ0n) is 29.0. The number of H-pyrrole nitrogens is 1. The Balaban J connectivity index is 1.19. The number of carbonyl (C=O) groups excluding carboxylic acids is 2. The molecule has 1 saturated carbocycles. The molecule has 3 aromatic carbocycles. The van der Waals surface area contributed by atoms with E-state index < -0.39 is 8.32 Å². The van der Waals surface area contributed by atoms with Crippen molar-refractivity contribution < 1.29 is 14.0 Å². The van der Waals surface area contributed by atoms with Gasteiger partial charge < -0.3 is 24.9 Å². The van der Waals surface area contributed by atoms with Gasteiger partial charge >= 0.3 is 0 Å². The summed E-state index contributed by atoms with van der Waals surface area (Å²) in [6.45, 7) is 8.56. The van der Waals surface area contributed by atoms with E-state index in [-0.39, 0.29) is 35.0 Å². The van der Waals surface area contributed by atoms with Crippen molar-refractivity contribution in [1.29, 1.82) is 0 Å². The van der Waals surface area contributed by atoms with Gasteiger partial charge in [0, 0.05) is 52.5 Å². The third kappa shape index (κ3) is 6.92. The molecule has 2 amide bonds. The van der Waals surface area contributed by atoms with Crippen LogP contribution in [-0.2, 0) is 17.4 Å². The monoisotopic (exact) mass is 725 g/mol. The van der Waals surface area contributed by atoms with Crippen molar-refractivity contribution in [3.63, 3.8) is 0 Å². The molecule has 0 bridgehead atoms. The van der Waals surface area contributed by atoms with Gasteiger partial charge in [0.2, 0.25) is 0 Å². The zero-order valence-corrected chi connectivity index (χ0v) is 31.5. The topological polar surface area (TPSA) is 99.3 Å². The van der Waals surface area contributed by atoms with Crippen LogP contribution in [0, 0.1) is 0 Å². The number of thiazole rings is 1. The fourth-order valence-electron chi connectivity index (χ4n) is 7.63. The molecule has 2 aliphatic rings. The summed E-state index contributed by atoms with van der Waals surface area (Å²) in [6, 6.07) is 27.9. The molecule has 1 unspecified atom stereocenters. The van der Waals surface area contributed by atoms with E-state index in [0.29, 0.717) is 28.6 Å². The number of aromatic amines is 1. The highest BCUT2D eigenvalue weighted by atomic mass is 35.5. The quantitative estimate of drug-likeness (QED) is 0.163. The first-order chi connectivity index (χ1) is 24.0. The van der Waals surface area contributed by atoms with E-state index in [1.54, 1.807) is 6.07 Å². The van der Waals surface area contributed by atoms with E-state index in [9.17, 15) is 9.59 Å². The number of hydrogen-bond acceptors (Lipinski definition) is 6. The van der Waals surface area contributed by atoms with Crippen LogP contribution in [0.5, 0.6) is 0 Å². The normalized spacial score (nSPS) is 20.0. The molecule has 1 aliphatic heterocycles. The Kier molecular flexibility index (Phi) is 9.75. The molecule has 5 aromatic rings. The highest BCUT2D eigenvalue weighted by Gasteiger charge is 2.52. The van der Waals surface area contributed by atoms with Crippen molar-refractivity contribution in [3.8, 4) is 0 Å². The van der Waals surface area contributed by atoms with E-state index in [1.165, 1.54) is 21.7 Å². The van der Waals surface area contributed by atoms with Gasteiger partial charge in [0.15, 0.2) is 5.01 Å². The minimum atomic E-state index is -2.85. The van der Waals surface area contributed by atoms with Gasteiger partial charge in [0.05, 0.1) is 11.7 Å². The summed E-state index contributed by atoms with van der Waals surface area (Å²) >= 11 is 7.71. The van der Waals surface area contributed by atoms with E-state index in [0.717, 1.165) is 47.4 Å². The molecule has 0 saturated heterocycles. The van der Waals surface area contributed by atoms with E-state index in [4.69, 9.17) is 21.0 Å². The number of likely N-dealkylation sites (N-methyl/N-ethyl adjacent to an activating group) is 1. The van der Waals surface area contributed by atoms with Gasteiger partial charge in [0.1, 0.15) is 5.69 Å². The lowest BCUT2D eigenvalue weighted by atomic mass is 9.88. The number of rotatable bonds is 8. The summed E-state index contributed by atoms with van der Waals surface area (Å²) in [7, 11) is -0.759. The van der Waals surface area contributed by atoms with Crippen molar-refractivity contribution in [2.24, 2.45) is 0 Å². The lowest BCUT2D eigenvalue weighted by molar-refractivity contribution is 0.0746. The van der Waals surface area contributed by atoms with E-state index in [1.807, 2.05) is 30.3 Å². The fourth-order valence-corrected chi connectivity index (χ4v) is 13.6. The van der Waals surface area contributed by atoms with Gasteiger partial charge in [-0.1, -0.05) is 93.0 Å². The van der Waals surface area contributed by atoms with Crippen LogP contribution in [-0.4, -0.2) is 66.8 Å². The first-order valence-electron chi connectivity index (χ1n) is 17.4. The van der Waals surface area contributed by atoms with Gasteiger partial charge in [-0.25, -0.2) is 4.98 Å². The molecule has 0 radical (unpaired) electrons. The summed E-state index contributed by atoms with van der Waals surface area (Å²) in [5.41, 5.74) is 2.29. The maximum absolute atomic E-state index is 13.9. The van der Waals surface area contributed by atoms with Crippen LogP contribution in [0.1, 0.15) is 70.9 Å². The van der Waals surface area contributed by atoms with Crippen molar-refractivity contribution >= 4 is 64.3 Å². The molecule has 0 spiro atoms. The summed E-state index contributed by atoms with van der Waals surface area (Å²) in [4.78, 5) is 39.0. The van der Waals surface area contributed by atoms with Gasteiger partial charge in [-0.05, 0) is 66.0 Å². The average molecular weight is 726 g/mol. The second kappa shape index (κ2) is 14.1. The molecule has 3 heterocycles.